The number of benzene rings is 1. The van der Waals surface area contributed by atoms with E-state index in [1.807, 2.05) is 11.9 Å². The second kappa shape index (κ2) is 10.5. The summed E-state index contributed by atoms with van der Waals surface area (Å²) in [5.41, 5.74) is -0.894. The number of likely N-dealkylation sites (N-methyl/N-ethyl adjacent to an activating group) is 1. The van der Waals surface area contributed by atoms with Crippen molar-refractivity contribution >= 4 is 50.5 Å². The number of halogens is 4. The average Bonchev–Trinajstić information content (AvgIpc) is 3.04. The Hall–Kier alpha value is -2.31. The third-order valence-corrected chi connectivity index (χ3v) is 6.92. The summed E-state index contributed by atoms with van der Waals surface area (Å²) in [4.78, 5) is 29.7. The fourth-order valence-corrected chi connectivity index (χ4v) is 4.75. The number of ether oxygens (including phenoxy) is 1. The number of hydrogen-bond acceptors (Lipinski definition) is 6. The van der Waals surface area contributed by atoms with Crippen LogP contribution < -0.4 is 20.3 Å². The highest BCUT2D eigenvalue weighted by Crippen LogP contribution is 2.36. The predicted octanol–water partition coefficient (Wildman–Crippen LogP) is 4.70. The minimum Gasteiger partial charge on any atom is -0.403 e. The molecule has 0 bridgehead atoms. The molecule has 2 amide bonds. The number of thiophene rings is 1. The van der Waals surface area contributed by atoms with Crippen LogP contribution in [0.3, 0.4) is 0 Å². The van der Waals surface area contributed by atoms with Gasteiger partial charge in [0.05, 0.1) is 14.4 Å². The molecule has 2 N–H and O–H groups in total. The van der Waals surface area contributed by atoms with Crippen LogP contribution in [0.5, 0.6) is 5.75 Å². The summed E-state index contributed by atoms with van der Waals surface area (Å²) in [5, 5.41) is 5.23. The van der Waals surface area contributed by atoms with Crippen molar-refractivity contribution < 1.29 is 27.5 Å². The topological polar surface area (TPSA) is 73.9 Å². The van der Waals surface area contributed by atoms with Gasteiger partial charge in [0.2, 0.25) is 5.91 Å². The van der Waals surface area contributed by atoms with Crippen LogP contribution in [0.4, 0.5) is 24.5 Å². The van der Waals surface area contributed by atoms with Gasteiger partial charge in [-0.15, -0.1) is 24.5 Å². The molecule has 3 rings (SSSR count). The molecule has 0 saturated carbocycles. The van der Waals surface area contributed by atoms with Crippen LogP contribution in [-0.2, 0) is 4.79 Å². The van der Waals surface area contributed by atoms with Crippen LogP contribution in [-0.4, -0.2) is 61.8 Å². The van der Waals surface area contributed by atoms with Crippen molar-refractivity contribution in [3.05, 3.63) is 39.0 Å². The molecule has 0 spiro atoms. The second-order valence-electron chi connectivity index (χ2n) is 8.51. The van der Waals surface area contributed by atoms with Gasteiger partial charge in [-0.1, -0.05) is 0 Å². The van der Waals surface area contributed by atoms with Gasteiger partial charge in [0.1, 0.15) is 5.54 Å². The summed E-state index contributed by atoms with van der Waals surface area (Å²) in [6.45, 7) is 5.72. The highest BCUT2D eigenvalue weighted by molar-refractivity contribution is 9.11. The number of carbonyl (C=O) groups excluding carboxylic acids is 2. The zero-order valence-electron chi connectivity index (χ0n) is 19.0. The molecule has 0 atom stereocenters. The first-order valence-electron chi connectivity index (χ1n) is 10.6. The van der Waals surface area contributed by atoms with Gasteiger partial charge in [0, 0.05) is 31.4 Å². The number of nitrogens with zero attached hydrogens (tertiary/aromatic N) is 2. The molecule has 1 aliphatic heterocycles. The molecule has 2 aromatic rings. The van der Waals surface area contributed by atoms with E-state index in [4.69, 9.17) is 0 Å². The number of alkyl halides is 3. The van der Waals surface area contributed by atoms with E-state index >= 15 is 0 Å². The highest BCUT2D eigenvalue weighted by Gasteiger charge is 2.34. The molecule has 0 radical (unpaired) electrons. The van der Waals surface area contributed by atoms with Gasteiger partial charge in [0.15, 0.2) is 5.75 Å². The maximum absolute atomic E-state index is 13.1. The first-order chi connectivity index (χ1) is 15.8. The number of rotatable bonds is 6. The second-order valence-corrected chi connectivity index (χ2v) is 11.0. The SMILES string of the molecule is CN1CCCN(c2ccc(NC(=O)C(C)(C)NC(=O)c3ccc(Br)s3)cc2OC(F)(F)F)CC1. The van der Waals surface area contributed by atoms with E-state index in [1.165, 1.54) is 37.3 Å². The Morgan fingerprint density at radius 1 is 1.09 bits per heavy atom. The minimum atomic E-state index is -4.89. The normalized spacial score (nSPS) is 15.6. The molecular weight excluding hydrogens is 537 g/mol. The molecule has 186 valence electrons. The van der Waals surface area contributed by atoms with Gasteiger partial charge < -0.3 is 25.2 Å². The lowest BCUT2D eigenvalue weighted by Crippen LogP contribution is -2.52. The van der Waals surface area contributed by atoms with Crippen molar-refractivity contribution in [2.24, 2.45) is 0 Å². The standard InChI is InChI=1S/C22H26BrF3N4O3S/c1-21(2,28-19(31)17-7-8-18(23)34-17)20(32)27-14-5-6-15(16(13-14)33-22(24,25)26)30-10-4-9-29(3)11-12-30/h5-8,13H,4,9-12H2,1-3H3,(H,27,32)(H,28,31). The summed E-state index contributed by atoms with van der Waals surface area (Å²) < 4.78 is 44.5. The van der Waals surface area contributed by atoms with Crippen molar-refractivity contribution in [3.8, 4) is 5.75 Å². The Morgan fingerprint density at radius 2 is 1.82 bits per heavy atom. The number of anilines is 2. The molecule has 12 heteroatoms. The van der Waals surface area contributed by atoms with Gasteiger partial charge >= 0.3 is 6.36 Å². The van der Waals surface area contributed by atoms with Crippen molar-refractivity contribution in [1.29, 1.82) is 0 Å². The molecule has 7 nitrogen and oxygen atoms in total. The van der Waals surface area contributed by atoms with Crippen molar-refractivity contribution in [1.82, 2.24) is 10.2 Å². The molecule has 1 aromatic carbocycles. The van der Waals surface area contributed by atoms with E-state index in [1.54, 1.807) is 12.1 Å². The fraction of sp³-hybridized carbons (Fsp3) is 0.455. The van der Waals surface area contributed by atoms with E-state index in [2.05, 4.69) is 36.2 Å². The van der Waals surface area contributed by atoms with Crippen LogP contribution in [0.1, 0.15) is 29.9 Å². The molecule has 2 heterocycles. The van der Waals surface area contributed by atoms with Crippen LogP contribution in [0.2, 0.25) is 0 Å². The minimum absolute atomic E-state index is 0.126. The predicted molar refractivity (Wildman–Crippen MR) is 130 cm³/mol. The summed E-state index contributed by atoms with van der Waals surface area (Å²) in [6, 6.07) is 7.54. The first-order valence-corrected chi connectivity index (χ1v) is 12.2. The Bertz CT molecular complexity index is 1040. The fourth-order valence-electron chi connectivity index (χ4n) is 3.47. The Balaban J connectivity index is 1.78. The van der Waals surface area contributed by atoms with Gasteiger partial charge in [-0.05, 0) is 74.1 Å². The molecule has 1 aliphatic rings. The van der Waals surface area contributed by atoms with Crippen molar-refractivity contribution in [2.45, 2.75) is 32.2 Å². The lowest BCUT2D eigenvalue weighted by atomic mass is 10.0. The lowest BCUT2D eigenvalue weighted by Gasteiger charge is -2.27. The van der Waals surface area contributed by atoms with Crippen LogP contribution in [0, 0.1) is 0 Å². The van der Waals surface area contributed by atoms with Crippen molar-refractivity contribution in [3.63, 3.8) is 0 Å². The zero-order chi connectivity index (χ0) is 25.1. The molecule has 1 fully saturated rings. The van der Waals surface area contributed by atoms with Gasteiger partial charge in [-0.2, -0.15) is 0 Å². The maximum atomic E-state index is 13.1. The number of hydrogen-bond donors (Lipinski definition) is 2. The number of amides is 2. The Kier molecular flexibility index (Phi) is 8.14. The smallest absolute Gasteiger partial charge is 0.403 e. The first kappa shape index (κ1) is 26.3. The monoisotopic (exact) mass is 562 g/mol. The molecule has 1 aromatic heterocycles. The van der Waals surface area contributed by atoms with Crippen molar-refractivity contribution in [2.75, 3.05) is 43.4 Å². The van der Waals surface area contributed by atoms with E-state index < -0.39 is 23.7 Å². The van der Waals surface area contributed by atoms with Gasteiger partial charge in [0.25, 0.3) is 5.91 Å². The van der Waals surface area contributed by atoms with E-state index in [0.717, 1.165) is 22.8 Å². The largest absolute Gasteiger partial charge is 0.573 e. The summed E-state index contributed by atoms with van der Waals surface area (Å²) in [6.07, 6.45) is -4.09. The van der Waals surface area contributed by atoms with Gasteiger partial charge in [-0.3, -0.25) is 9.59 Å². The maximum Gasteiger partial charge on any atom is 0.573 e. The quantitative estimate of drug-likeness (QED) is 0.534. The Morgan fingerprint density at radius 3 is 2.47 bits per heavy atom. The molecule has 34 heavy (non-hydrogen) atoms. The number of carbonyl (C=O) groups is 2. The van der Waals surface area contributed by atoms with Gasteiger partial charge in [-0.25, -0.2) is 0 Å². The zero-order valence-corrected chi connectivity index (χ0v) is 21.4. The Labute approximate surface area is 208 Å². The third kappa shape index (κ3) is 7.09. The summed E-state index contributed by atoms with van der Waals surface area (Å²) >= 11 is 4.50. The van der Waals surface area contributed by atoms with E-state index in [9.17, 15) is 22.8 Å². The lowest BCUT2D eigenvalue weighted by molar-refractivity contribution is -0.274. The van der Waals surface area contributed by atoms with Crippen LogP contribution in [0.25, 0.3) is 0 Å². The third-order valence-electron chi connectivity index (χ3n) is 5.29. The molecular formula is C22H26BrF3N4O3S. The number of nitrogens with one attached hydrogen (secondary N) is 2. The van der Waals surface area contributed by atoms with Crippen LogP contribution in [0.15, 0.2) is 34.1 Å². The van der Waals surface area contributed by atoms with E-state index in [-0.39, 0.29) is 11.4 Å². The highest BCUT2D eigenvalue weighted by atomic mass is 79.9. The molecule has 0 aliphatic carbocycles. The molecule has 1 saturated heterocycles. The summed E-state index contributed by atoms with van der Waals surface area (Å²) in [5.74, 6) is -1.41. The van der Waals surface area contributed by atoms with Crippen LogP contribution >= 0.6 is 27.3 Å². The summed E-state index contributed by atoms with van der Waals surface area (Å²) in [7, 11) is 1.97. The average molecular weight is 563 g/mol. The molecule has 0 unspecified atom stereocenters. The van der Waals surface area contributed by atoms with E-state index in [0.29, 0.717) is 30.2 Å².